The standard InChI is InChI=1S/C25H27NO6S/c1-18-4-8-21(9-5-18)32-15-14-25(27)26-20-6-11-23(12-7-20)33(28,29)17-19-16-22(30-2)10-13-24(19)31-3/h4-13,16H,14-15,17H2,1-3H3,(H,26,27). The molecule has 0 aliphatic rings. The van der Waals surface area contributed by atoms with Crippen molar-refractivity contribution in [1.82, 2.24) is 0 Å². The topological polar surface area (TPSA) is 90.9 Å². The van der Waals surface area contributed by atoms with Crippen LogP contribution in [0.2, 0.25) is 0 Å². The maximum atomic E-state index is 12.9. The molecule has 0 aliphatic heterocycles. The summed E-state index contributed by atoms with van der Waals surface area (Å²) in [5.41, 5.74) is 2.14. The van der Waals surface area contributed by atoms with E-state index < -0.39 is 9.84 Å². The van der Waals surface area contributed by atoms with Gasteiger partial charge in [-0.05, 0) is 61.5 Å². The Kier molecular flexibility index (Phi) is 7.95. The number of hydrogen-bond donors (Lipinski definition) is 1. The summed E-state index contributed by atoms with van der Waals surface area (Å²) < 4.78 is 41.8. The van der Waals surface area contributed by atoms with Crippen LogP contribution in [0, 0.1) is 6.92 Å². The van der Waals surface area contributed by atoms with Gasteiger partial charge in [0, 0.05) is 11.3 Å². The van der Waals surface area contributed by atoms with Gasteiger partial charge in [-0.15, -0.1) is 0 Å². The Hall–Kier alpha value is -3.52. The summed E-state index contributed by atoms with van der Waals surface area (Å²) in [5, 5.41) is 2.75. The molecule has 3 aromatic carbocycles. The Morgan fingerprint density at radius 3 is 2.18 bits per heavy atom. The van der Waals surface area contributed by atoms with Gasteiger partial charge >= 0.3 is 0 Å². The number of anilines is 1. The van der Waals surface area contributed by atoms with Crippen LogP contribution in [-0.4, -0.2) is 35.2 Å². The van der Waals surface area contributed by atoms with Gasteiger partial charge in [-0.3, -0.25) is 4.79 Å². The molecule has 3 aromatic rings. The van der Waals surface area contributed by atoms with Gasteiger partial charge in [0.25, 0.3) is 0 Å². The molecule has 0 bridgehead atoms. The zero-order valence-corrected chi connectivity index (χ0v) is 19.6. The van der Waals surface area contributed by atoms with Crippen molar-refractivity contribution < 1.29 is 27.4 Å². The fourth-order valence-corrected chi connectivity index (χ4v) is 4.50. The third-order valence-corrected chi connectivity index (χ3v) is 6.63. The largest absolute Gasteiger partial charge is 0.497 e. The summed E-state index contributed by atoms with van der Waals surface area (Å²) in [4.78, 5) is 12.3. The van der Waals surface area contributed by atoms with Gasteiger partial charge in [0.05, 0.1) is 37.9 Å². The molecule has 0 heterocycles. The lowest BCUT2D eigenvalue weighted by Crippen LogP contribution is -2.15. The van der Waals surface area contributed by atoms with Crippen molar-refractivity contribution in [3.63, 3.8) is 0 Å². The van der Waals surface area contributed by atoms with Crippen LogP contribution in [-0.2, 0) is 20.4 Å². The number of rotatable bonds is 10. The van der Waals surface area contributed by atoms with Crippen molar-refractivity contribution >= 4 is 21.4 Å². The predicted molar refractivity (Wildman–Crippen MR) is 127 cm³/mol. The second-order valence-corrected chi connectivity index (χ2v) is 9.41. The summed E-state index contributed by atoms with van der Waals surface area (Å²) in [6.07, 6.45) is 0.170. The van der Waals surface area contributed by atoms with E-state index in [4.69, 9.17) is 14.2 Å². The summed E-state index contributed by atoms with van der Waals surface area (Å²) in [6.45, 7) is 2.23. The van der Waals surface area contributed by atoms with Crippen molar-refractivity contribution in [1.29, 1.82) is 0 Å². The maximum absolute atomic E-state index is 12.9. The SMILES string of the molecule is COc1ccc(OC)c(CS(=O)(=O)c2ccc(NC(=O)CCOc3ccc(C)cc3)cc2)c1. The molecule has 0 spiro atoms. The molecule has 0 radical (unpaired) electrons. The van der Waals surface area contributed by atoms with E-state index in [-0.39, 0.29) is 29.6 Å². The minimum absolute atomic E-state index is 0.146. The molecule has 0 saturated heterocycles. The normalized spacial score (nSPS) is 11.0. The lowest BCUT2D eigenvalue weighted by molar-refractivity contribution is -0.116. The first-order valence-corrected chi connectivity index (χ1v) is 12.0. The molecule has 33 heavy (non-hydrogen) atoms. The van der Waals surface area contributed by atoms with E-state index in [2.05, 4.69) is 5.32 Å². The van der Waals surface area contributed by atoms with Gasteiger partial charge in [-0.2, -0.15) is 0 Å². The van der Waals surface area contributed by atoms with Crippen LogP contribution in [0.25, 0.3) is 0 Å². The highest BCUT2D eigenvalue weighted by molar-refractivity contribution is 7.90. The van der Waals surface area contributed by atoms with Gasteiger partial charge in [0.1, 0.15) is 17.2 Å². The van der Waals surface area contributed by atoms with Gasteiger partial charge in [0.15, 0.2) is 9.84 Å². The summed E-state index contributed by atoms with van der Waals surface area (Å²) in [7, 11) is -0.629. The van der Waals surface area contributed by atoms with E-state index in [1.807, 2.05) is 31.2 Å². The molecule has 1 amide bonds. The van der Waals surface area contributed by atoms with E-state index in [1.54, 1.807) is 30.3 Å². The summed E-state index contributed by atoms with van der Waals surface area (Å²) in [5.74, 6) is 1.26. The Bertz CT molecular complexity index is 1190. The quantitative estimate of drug-likeness (QED) is 0.473. The first-order chi connectivity index (χ1) is 15.8. The molecule has 0 saturated carbocycles. The summed E-state index contributed by atoms with van der Waals surface area (Å²) >= 11 is 0. The van der Waals surface area contributed by atoms with Crippen molar-refractivity contribution in [3.05, 3.63) is 77.9 Å². The molecule has 7 nitrogen and oxygen atoms in total. The number of carbonyl (C=O) groups is 1. The fraction of sp³-hybridized carbons (Fsp3) is 0.240. The summed E-state index contributed by atoms with van der Waals surface area (Å²) in [6, 6.07) is 18.7. The molecule has 0 fully saturated rings. The highest BCUT2D eigenvalue weighted by atomic mass is 32.2. The van der Waals surface area contributed by atoms with E-state index in [0.29, 0.717) is 28.5 Å². The molecule has 0 atom stereocenters. The van der Waals surface area contributed by atoms with Gasteiger partial charge in [-0.25, -0.2) is 8.42 Å². The Balaban J connectivity index is 1.58. The second-order valence-electron chi connectivity index (χ2n) is 7.42. The average molecular weight is 470 g/mol. The molecule has 1 N–H and O–H groups in total. The van der Waals surface area contributed by atoms with Crippen molar-refractivity contribution in [2.24, 2.45) is 0 Å². The Labute approximate surface area is 194 Å². The maximum Gasteiger partial charge on any atom is 0.227 e. The smallest absolute Gasteiger partial charge is 0.227 e. The van der Waals surface area contributed by atoms with Crippen molar-refractivity contribution in [2.45, 2.75) is 24.0 Å². The lowest BCUT2D eigenvalue weighted by atomic mass is 10.2. The van der Waals surface area contributed by atoms with E-state index in [9.17, 15) is 13.2 Å². The Morgan fingerprint density at radius 1 is 0.879 bits per heavy atom. The predicted octanol–water partition coefficient (Wildman–Crippen LogP) is 4.39. The number of amides is 1. The van der Waals surface area contributed by atoms with Crippen LogP contribution in [0.15, 0.2) is 71.6 Å². The van der Waals surface area contributed by atoms with Crippen LogP contribution in [0.5, 0.6) is 17.2 Å². The number of hydrogen-bond acceptors (Lipinski definition) is 6. The van der Waals surface area contributed by atoms with Crippen molar-refractivity contribution in [3.8, 4) is 17.2 Å². The average Bonchev–Trinajstić information content (AvgIpc) is 2.80. The molecular weight excluding hydrogens is 442 g/mol. The second kappa shape index (κ2) is 10.9. The van der Waals surface area contributed by atoms with Gasteiger partial charge < -0.3 is 19.5 Å². The molecule has 0 aliphatic carbocycles. The van der Waals surface area contributed by atoms with Crippen LogP contribution in [0.3, 0.4) is 0 Å². The van der Waals surface area contributed by atoms with E-state index in [1.165, 1.54) is 26.4 Å². The van der Waals surface area contributed by atoms with Crippen molar-refractivity contribution in [2.75, 3.05) is 26.1 Å². The Morgan fingerprint density at radius 2 is 1.55 bits per heavy atom. The minimum atomic E-state index is -3.63. The van der Waals surface area contributed by atoms with Crippen LogP contribution < -0.4 is 19.5 Å². The van der Waals surface area contributed by atoms with Gasteiger partial charge in [0.2, 0.25) is 5.91 Å². The minimum Gasteiger partial charge on any atom is -0.497 e. The molecule has 174 valence electrons. The number of ether oxygens (including phenoxy) is 3. The first kappa shape index (κ1) is 24.1. The third kappa shape index (κ3) is 6.73. The molecular formula is C25H27NO6S. The molecule has 3 rings (SSSR count). The molecule has 0 aromatic heterocycles. The molecule has 0 unspecified atom stereocenters. The highest BCUT2D eigenvalue weighted by Gasteiger charge is 2.19. The first-order valence-electron chi connectivity index (χ1n) is 10.3. The fourth-order valence-electron chi connectivity index (χ4n) is 3.15. The van der Waals surface area contributed by atoms with E-state index >= 15 is 0 Å². The zero-order valence-electron chi connectivity index (χ0n) is 18.8. The van der Waals surface area contributed by atoms with Crippen LogP contribution >= 0.6 is 0 Å². The zero-order chi connectivity index (χ0) is 23.8. The number of aryl methyl sites for hydroxylation is 1. The number of sulfone groups is 1. The monoisotopic (exact) mass is 469 g/mol. The van der Waals surface area contributed by atoms with Crippen LogP contribution in [0.4, 0.5) is 5.69 Å². The number of methoxy groups -OCH3 is 2. The number of carbonyl (C=O) groups excluding carboxylic acids is 1. The van der Waals surface area contributed by atoms with Gasteiger partial charge in [-0.1, -0.05) is 17.7 Å². The van der Waals surface area contributed by atoms with E-state index in [0.717, 1.165) is 5.56 Å². The number of nitrogens with one attached hydrogen (secondary N) is 1. The molecule has 8 heteroatoms. The van der Waals surface area contributed by atoms with Crippen LogP contribution in [0.1, 0.15) is 17.5 Å². The third-order valence-electron chi connectivity index (χ3n) is 4.95. The highest BCUT2D eigenvalue weighted by Crippen LogP contribution is 2.28. The number of benzene rings is 3. The lowest BCUT2D eigenvalue weighted by Gasteiger charge is -2.12.